The van der Waals surface area contributed by atoms with Crippen molar-refractivity contribution in [1.82, 2.24) is 10.9 Å². The third-order valence-electron chi connectivity index (χ3n) is 4.61. The summed E-state index contributed by atoms with van der Waals surface area (Å²) in [4.78, 5) is 38.6. The van der Waals surface area contributed by atoms with Gasteiger partial charge in [0.25, 0.3) is 5.91 Å². The predicted molar refractivity (Wildman–Crippen MR) is 103 cm³/mol. The normalized spacial score (nSPS) is 16.3. The van der Waals surface area contributed by atoms with Gasteiger partial charge in [0.15, 0.2) is 0 Å². The Balaban J connectivity index is 1.62. The lowest BCUT2D eigenvalue weighted by Crippen LogP contribution is -2.45. The zero-order valence-corrected chi connectivity index (χ0v) is 15.8. The monoisotopic (exact) mass is 385 g/mol. The van der Waals surface area contributed by atoms with Gasteiger partial charge in [0, 0.05) is 29.2 Å². The fourth-order valence-corrected chi connectivity index (χ4v) is 3.35. The van der Waals surface area contributed by atoms with E-state index in [9.17, 15) is 14.4 Å². The highest BCUT2D eigenvalue weighted by Gasteiger charge is 2.36. The van der Waals surface area contributed by atoms with Crippen molar-refractivity contribution in [1.29, 1.82) is 0 Å². The molecule has 140 valence electrons. The van der Waals surface area contributed by atoms with E-state index in [0.717, 1.165) is 16.8 Å². The van der Waals surface area contributed by atoms with Crippen molar-refractivity contribution in [2.45, 2.75) is 20.3 Å². The van der Waals surface area contributed by atoms with E-state index >= 15 is 0 Å². The molecule has 0 aromatic heterocycles. The van der Waals surface area contributed by atoms with Crippen molar-refractivity contribution in [3.05, 3.63) is 64.2 Å². The molecule has 0 radical (unpaired) electrons. The molecule has 0 unspecified atom stereocenters. The van der Waals surface area contributed by atoms with Gasteiger partial charge in [0.2, 0.25) is 11.8 Å². The molecular formula is C20H20ClN3O3. The molecule has 1 aliphatic heterocycles. The number of hydrazine groups is 1. The number of carbonyl (C=O) groups excluding carboxylic acids is 3. The Morgan fingerprint density at radius 3 is 2.30 bits per heavy atom. The van der Waals surface area contributed by atoms with Crippen LogP contribution in [0.2, 0.25) is 5.02 Å². The molecule has 1 heterocycles. The quantitative estimate of drug-likeness (QED) is 0.797. The Labute approximate surface area is 162 Å². The maximum absolute atomic E-state index is 12.4. The number of anilines is 1. The summed E-state index contributed by atoms with van der Waals surface area (Å²) in [5.74, 6) is -1.46. The number of nitrogens with zero attached hydrogens (tertiary/aromatic N) is 1. The first-order valence-corrected chi connectivity index (χ1v) is 8.97. The van der Waals surface area contributed by atoms with Crippen molar-refractivity contribution in [2.24, 2.45) is 5.92 Å². The van der Waals surface area contributed by atoms with Crippen LogP contribution in [0.3, 0.4) is 0 Å². The van der Waals surface area contributed by atoms with Crippen LogP contribution >= 0.6 is 11.6 Å². The smallest absolute Gasteiger partial charge is 0.269 e. The van der Waals surface area contributed by atoms with E-state index in [1.54, 1.807) is 29.2 Å². The topological polar surface area (TPSA) is 78.5 Å². The van der Waals surface area contributed by atoms with Gasteiger partial charge in [-0.3, -0.25) is 25.2 Å². The Morgan fingerprint density at radius 2 is 1.67 bits per heavy atom. The first kappa shape index (κ1) is 18.9. The van der Waals surface area contributed by atoms with Gasteiger partial charge in [-0.05, 0) is 49.2 Å². The third-order valence-corrected chi connectivity index (χ3v) is 4.86. The number of rotatable bonds is 3. The lowest BCUT2D eigenvalue weighted by molar-refractivity contribution is -0.126. The standard InChI is InChI=1S/C20H20ClN3O3/c1-12-4-3-5-13(2)18(12)24-11-15(10-17(24)25)20(27)23-22-19(26)14-6-8-16(21)9-7-14/h3-9,15H,10-11H2,1-2H3,(H,22,26)(H,23,27)/t15-/m1/s1. The maximum Gasteiger partial charge on any atom is 0.269 e. The summed E-state index contributed by atoms with van der Waals surface area (Å²) in [5.41, 5.74) is 7.98. The number of carbonyl (C=O) groups is 3. The molecule has 1 aliphatic rings. The lowest BCUT2D eigenvalue weighted by atomic mass is 10.1. The van der Waals surface area contributed by atoms with Crippen molar-refractivity contribution < 1.29 is 14.4 Å². The number of hydrogen-bond acceptors (Lipinski definition) is 3. The van der Waals surface area contributed by atoms with Gasteiger partial charge in [-0.2, -0.15) is 0 Å². The molecule has 1 atom stereocenters. The second-order valence-corrected chi connectivity index (χ2v) is 7.03. The van der Waals surface area contributed by atoms with Gasteiger partial charge in [-0.25, -0.2) is 0 Å². The number of amides is 3. The summed E-state index contributed by atoms with van der Waals surface area (Å²) in [6.45, 7) is 4.16. The fraction of sp³-hybridized carbons (Fsp3) is 0.250. The van der Waals surface area contributed by atoms with E-state index in [-0.39, 0.29) is 24.8 Å². The van der Waals surface area contributed by atoms with Crippen molar-refractivity contribution in [3.8, 4) is 0 Å². The van der Waals surface area contributed by atoms with Crippen LogP contribution in [-0.4, -0.2) is 24.3 Å². The van der Waals surface area contributed by atoms with Gasteiger partial charge in [0.05, 0.1) is 5.92 Å². The molecule has 0 saturated carbocycles. The zero-order chi connectivity index (χ0) is 19.6. The molecule has 1 saturated heterocycles. The molecule has 2 aromatic rings. The average Bonchev–Trinajstić information content (AvgIpc) is 3.01. The molecule has 3 rings (SSSR count). The lowest BCUT2D eigenvalue weighted by Gasteiger charge is -2.21. The summed E-state index contributed by atoms with van der Waals surface area (Å²) < 4.78 is 0. The first-order chi connectivity index (χ1) is 12.9. The maximum atomic E-state index is 12.4. The fourth-order valence-electron chi connectivity index (χ4n) is 3.22. The molecule has 0 spiro atoms. The van der Waals surface area contributed by atoms with Gasteiger partial charge in [-0.1, -0.05) is 29.8 Å². The molecule has 2 aromatic carbocycles. The Kier molecular flexibility index (Phi) is 5.46. The molecular weight excluding hydrogens is 366 g/mol. The molecule has 3 amide bonds. The summed E-state index contributed by atoms with van der Waals surface area (Å²) in [7, 11) is 0. The Bertz CT molecular complexity index is 876. The minimum absolute atomic E-state index is 0.100. The van der Waals surface area contributed by atoms with Gasteiger partial charge in [-0.15, -0.1) is 0 Å². The third kappa shape index (κ3) is 4.11. The molecule has 7 heteroatoms. The number of halogens is 1. The molecule has 2 N–H and O–H groups in total. The predicted octanol–water partition coefficient (Wildman–Crippen LogP) is 2.77. The Morgan fingerprint density at radius 1 is 1.04 bits per heavy atom. The minimum atomic E-state index is -0.526. The second-order valence-electron chi connectivity index (χ2n) is 6.60. The zero-order valence-electron chi connectivity index (χ0n) is 15.1. The van der Waals surface area contributed by atoms with E-state index < -0.39 is 11.8 Å². The summed E-state index contributed by atoms with van der Waals surface area (Å²) in [6.07, 6.45) is 0.108. The molecule has 0 aliphatic carbocycles. The number of para-hydroxylation sites is 1. The summed E-state index contributed by atoms with van der Waals surface area (Å²) in [5, 5.41) is 0.520. The molecule has 27 heavy (non-hydrogen) atoms. The van der Waals surface area contributed by atoms with Crippen molar-refractivity contribution >= 4 is 35.0 Å². The van der Waals surface area contributed by atoms with E-state index in [4.69, 9.17) is 11.6 Å². The van der Waals surface area contributed by atoms with Crippen molar-refractivity contribution in [3.63, 3.8) is 0 Å². The van der Waals surface area contributed by atoms with Gasteiger partial charge >= 0.3 is 0 Å². The summed E-state index contributed by atoms with van der Waals surface area (Å²) in [6, 6.07) is 12.1. The molecule has 0 bridgehead atoms. The van der Waals surface area contributed by atoms with Crippen LogP contribution in [-0.2, 0) is 9.59 Å². The van der Waals surface area contributed by atoms with Crippen LogP contribution in [0, 0.1) is 19.8 Å². The average molecular weight is 386 g/mol. The van der Waals surface area contributed by atoms with Crippen LogP contribution in [0.4, 0.5) is 5.69 Å². The molecule has 1 fully saturated rings. The van der Waals surface area contributed by atoms with Crippen LogP contribution in [0.25, 0.3) is 0 Å². The van der Waals surface area contributed by atoms with Gasteiger partial charge < -0.3 is 4.90 Å². The highest BCUT2D eigenvalue weighted by molar-refractivity contribution is 6.30. The number of nitrogens with one attached hydrogen (secondary N) is 2. The highest BCUT2D eigenvalue weighted by atomic mass is 35.5. The van der Waals surface area contributed by atoms with E-state index in [2.05, 4.69) is 10.9 Å². The number of aryl methyl sites for hydroxylation is 2. The van der Waals surface area contributed by atoms with E-state index in [1.807, 2.05) is 32.0 Å². The van der Waals surface area contributed by atoms with Crippen LogP contribution in [0.1, 0.15) is 27.9 Å². The highest BCUT2D eigenvalue weighted by Crippen LogP contribution is 2.30. The van der Waals surface area contributed by atoms with Crippen LogP contribution in [0.5, 0.6) is 0 Å². The second kappa shape index (κ2) is 7.80. The van der Waals surface area contributed by atoms with Gasteiger partial charge in [0.1, 0.15) is 0 Å². The van der Waals surface area contributed by atoms with Crippen LogP contribution in [0.15, 0.2) is 42.5 Å². The van der Waals surface area contributed by atoms with E-state index in [0.29, 0.717) is 10.6 Å². The first-order valence-electron chi connectivity index (χ1n) is 8.59. The molecule has 6 nitrogen and oxygen atoms in total. The Hall–Kier alpha value is -2.86. The number of hydrogen-bond donors (Lipinski definition) is 2. The van der Waals surface area contributed by atoms with E-state index in [1.165, 1.54) is 0 Å². The summed E-state index contributed by atoms with van der Waals surface area (Å²) >= 11 is 5.79. The minimum Gasteiger partial charge on any atom is -0.311 e. The number of benzene rings is 2. The largest absolute Gasteiger partial charge is 0.311 e. The van der Waals surface area contributed by atoms with Crippen LogP contribution < -0.4 is 15.8 Å². The van der Waals surface area contributed by atoms with Crippen molar-refractivity contribution in [2.75, 3.05) is 11.4 Å². The SMILES string of the molecule is Cc1cccc(C)c1N1C[C@H](C(=O)NNC(=O)c2ccc(Cl)cc2)CC1=O.